The van der Waals surface area contributed by atoms with Crippen molar-refractivity contribution in [3.63, 3.8) is 0 Å². The Hall–Kier alpha value is -2.33. The Morgan fingerprint density at radius 1 is 1.29 bits per heavy atom. The van der Waals surface area contributed by atoms with Crippen molar-refractivity contribution in [2.75, 3.05) is 7.11 Å². The van der Waals surface area contributed by atoms with Crippen molar-refractivity contribution in [1.82, 2.24) is 0 Å². The number of hydrogen-bond acceptors (Lipinski definition) is 3. The third kappa shape index (κ3) is 4.33. The van der Waals surface area contributed by atoms with Crippen molar-refractivity contribution in [2.45, 2.75) is 26.2 Å². The maximum absolute atomic E-state index is 13.0. The number of nitrogens with zero attached hydrogens (tertiary/aromatic N) is 2. The minimum Gasteiger partial charge on any atom is -0.460 e. The van der Waals surface area contributed by atoms with Crippen molar-refractivity contribution >= 4 is 17.5 Å². The van der Waals surface area contributed by atoms with Gasteiger partial charge in [-0.3, -0.25) is 4.79 Å². The SMILES string of the molecule is COC(=O)C(=[N+]=[N-])C(=O)C(CC(C)C)c1ccc(F)cc1. The van der Waals surface area contributed by atoms with Crippen molar-refractivity contribution < 1.29 is 23.5 Å². The van der Waals surface area contributed by atoms with E-state index < -0.39 is 29.2 Å². The van der Waals surface area contributed by atoms with Crippen LogP contribution in [0.1, 0.15) is 31.7 Å². The van der Waals surface area contributed by atoms with E-state index in [1.54, 1.807) is 0 Å². The van der Waals surface area contributed by atoms with Gasteiger partial charge in [-0.15, -0.1) is 0 Å². The summed E-state index contributed by atoms with van der Waals surface area (Å²) in [5.74, 6) is -2.61. The summed E-state index contributed by atoms with van der Waals surface area (Å²) in [5, 5.41) is 0. The Morgan fingerprint density at radius 2 is 1.86 bits per heavy atom. The fraction of sp³-hybridized carbons (Fsp3) is 0.400. The number of hydrogen-bond donors (Lipinski definition) is 0. The highest BCUT2D eigenvalue weighted by Gasteiger charge is 2.37. The van der Waals surface area contributed by atoms with Crippen LogP contribution in [0.15, 0.2) is 24.3 Å². The van der Waals surface area contributed by atoms with Gasteiger partial charge >= 0.3 is 11.7 Å². The molecule has 0 saturated carbocycles. The molecular weight excluding hydrogens is 275 g/mol. The fourth-order valence-electron chi connectivity index (χ4n) is 2.01. The minimum absolute atomic E-state index is 0.154. The summed E-state index contributed by atoms with van der Waals surface area (Å²) in [5.41, 5.74) is 8.77. The lowest BCUT2D eigenvalue weighted by Gasteiger charge is -2.16. The number of methoxy groups -OCH3 is 1. The molecule has 21 heavy (non-hydrogen) atoms. The first-order valence-electron chi connectivity index (χ1n) is 6.50. The minimum atomic E-state index is -1.00. The topological polar surface area (TPSA) is 79.8 Å². The number of carbonyl (C=O) groups is 2. The van der Waals surface area contributed by atoms with Crippen LogP contribution in [0.25, 0.3) is 5.53 Å². The lowest BCUT2D eigenvalue weighted by atomic mass is 9.85. The predicted molar refractivity (Wildman–Crippen MR) is 74.2 cm³/mol. The molecule has 1 atom stereocenters. The van der Waals surface area contributed by atoms with Crippen LogP contribution in [0.5, 0.6) is 0 Å². The summed E-state index contributed by atoms with van der Waals surface area (Å²) in [4.78, 5) is 26.6. The van der Waals surface area contributed by atoms with Gasteiger partial charge in [0.1, 0.15) is 5.82 Å². The molecule has 1 aromatic rings. The summed E-state index contributed by atoms with van der Waals surface area (Å²) < 4.78 is 17.4. The number of esters is 1. The standard InChI is InChI=1S/C15H17FN2O3/c1-9(2)8-12(10-4-6-11(16)7-5-10)14(19)13(18-17)15(20)21-3/h4-7,9,12H,8H2,1-3H3. The first kappa shape index (κ1) is 16.7. The van der Waals surface area contributed by atoms with Gasteiger partial charge in [0.15, 0.2) is 0 Å². The number of benzene rings is 1. The molecule has 0 bridgehead atoms. The van der Waals surface area contributed by atoms with E-state index in [1.807, 2.05) is 13.8 Å². The molecule has 6 heteroatoms. The van der Waals surface area contributed by atoms with Gasteiger partial charge in [0.2, 0.25) is 0 Å². The lowest BCUT2D eigenvalue weighted by molar-refractivity contribution is -0.140. The number of halogens is 1. The Kier molecular flexibility index (Phi) is 5.93. The Labute approximate surface area is 122 Å². The normalized spacial score (nSPS) is 11.7. The molecule has 1 aromatic carbocycles. The molecule has 0 fully saturated rings. The van der Waals surface area contributed by atoms with E-state index in [0.717, 1.165) is 7.11 Å². The van der Waals surface area contributed by atoms with E-state index in [2.05, 4.69) is 9.53 Å². The lowest BCUT2D eigenvalue weighted by Crippen LogP contribution is -2.31. The van der Waals surface area contributed by atoms with Crippen LogP contribution < -0.4 is 0 Å². The van der Waals surface area contributed by atoms with Gasteiger partial charge in [-0.1, -0.05) is 26.0 Å². The van der Waals surface area contributed by atoms with E-state index in [9.17, 15) is 14.0 Å². The molecule has 0 saturated heterocycles. The molecule has 0 amide bonds. The molecule has 0 aliphatic rings. The smallest absolute Gasteiger partial charge is 0.442 e. The molecule has 1 rings (SSSR count). The second-order valence-corrected chi connectivity index (χ2v) is 5.04. The Balaban J connectivity index is 3.19. The van der Waals surface area contributed by atoms with Gasteiger partial charge < -0.3 is 10.3 Å². The molecule has 1 unspecified atom stereocenters. The van der Waals surface area contributed by atoms with Gasteiger partial charge in [0, 0.05) is 0 Å². The van der Waals surface area contributed by atoms with E-state index in [-0.39, 0.29) is 5.92 Å². The average molecular weight is 292 g/mol. The molecule has 112 valence electrons. The average Bonchev–Trinajstić information content (AvgIpc) is 2.46. The molecular formula is C15H17FN2O3. The third-order valence-corrected chi connectivity index (χ3v) is 3.01. The summed E-state index contributed by atoms with van der Waals surface area (Å²) in [6.07, 6.45) is 0.431. The Bertz CT molecular complexity index is 575. The quantitative estimate of drug-likeness (QED) is 0.265. The first-order valence-corrected chi connectivity index (χ1v) is 6.50. The van der Waals surface area contributed by atoms with Crippen LogP contribution in [-0.4, -0.2) is 29.4 Å². The number of rotatable bonds is 6. The highest BCUT2D eigenvalue weighted by molar-refractivity contribution is 6.63. The van der Waals surface area contributed by atoms with Crippen LogP contribution in [-0.2, 0) is 14.3 Å². The summed E-state index contributed by atoms with van der Waals surface area (Å²) in [6.45, 7) is 3.83. The monoisotopic (exact) mass is 292 g/mol. The van der Waals surface area contributed by atoms with Gasteiger partial charge in [0.05, 0.1) is 13.0 Å². The zero-order chi connectivity index (χ0) is 16.0. The van der Waals surface area contributed by atoms with E-state index >= 15 is 0 Å². The second kappa shape index (κ2) is 7.45. The molecule has 0 spiro atoms. The molecule has 5 nitrogen and oxygen atoms in total. The van der Waals surface area contributed by atoms with Gasteiger partial charge in [-0.25, -0.2) is 9.18 Å². The van der Waals surface area contributed by atoms with Crippen molar-refractivity contribution in [3.8, 4) is 0 Å². The number of carbonyl (C=O) groups excluding carboxylic acids is 2. The zero-order valence-corrected chi connectivity index (χ0v) is 12.2. The Morgan fingerprint density at radius 3 is 2.29 bits per heavy atom. The third-order valence-electron chi connectivity index (χ3n) is 3.01. The molecule has 0 radical (unpaired) electrons. The van der Waals surface area contributed by atoms with Crippen LogP contribution in [0.4, 0.5) is 4.39 Å². The number of ketones is 1. The van der Waals surface area contributed by atoms with Crippen LogP contribution >= 0.6 is 0 Å². The van der Waals surface area contributed by atoms with Crippen molar-refractivity contribution in [3.05, 3.63) is 41.2 Å². The zero-order valence-electron chi connectivity index (χ0n) is 12.2. The summed E-state index contributed by atoms with van der Waals surface area (Å²) >= 11 is 0. The number of ether oxygens (including phenoxy) is 1. The van der Waals surface area contributed by atoms with Crippen molar-refractivity contribution in [2.24, 2.45) is 5.92 Å². The fourth-order valence-corrected chi connectivity index (χ4v) is 2.01. The summed E-state index contributed by atoms with van der Waals surface area (Å²) in [6, 6.07) is 5.44. The van der Waals surface area contributed by atoms with E-state index in [0.29, 0.717) is 12.0 Å². The highest BCUT2D eigenvalue weighted by atomic mass is 19.1. The number of Topliss-reactive ketones (excluding diaryl/α,β-unsaturated/α-hetero) is 1. The van der Waals surface area contributed by atoms with Gasteiger partial charge in [-0.05, 0) is 30.0 Å². The largest absolute Gasteiger partial charge is 0.460 e. The molecule has 0 heterocycles. The summed E-state index contributed by atoms with van der Waals surface area (Å²) in [7, 11) is 1.09. The maximum atomic E-state index is 13.0. The van der Waals surface area contributed by atoms with Gasteiger partial charge in [0.25, 0.3) is 5.78 Å². The maximum Gasteiger partial charge on any atom is 0.442 e. The second-order valence-electron chi connectivity index (χ2n) is 5.04. The predicted octanol–water partition coefficient (Wildman–Crippen LogP) is 2.37. The van der Waals surface area contributed by atoms with E-state index in [1.165, 1.54) is 24.3 Å². The van der Waals surface area contributed by atoms with Crippen LogP contribution in [0.2, 0.25) is 0 Å². The molecule has 0 aliphatic heterocycles. The van der Waals surface area contributed by atoms with Crippen LogP contribution in [0, 0.1) is 11.7 Å². The van der Waals surface area contributed by atoms with Crippen LogP contribution in [0.3, 0.4) is 0 Å². The highest BCUT2D eigenvalue weighted by Crippen LogP contribution is 2.25. The molecule has 0 aliphatic carbocycles. The van der Waals surface area contributed by atoms with Crippen molar-refractivity contribution in [1.29, 1.82) is 0 Å². The van der Waals surface area contributed by atoms with Gasteiger partial charge in [-0.2, -0.15) is 4.79 Å². The molecule has 0 N–H and O–H groups in total. The van der Waals surface area contributed by atoms with E-state index in [4.69, 9.17) is 5.53 Å². The first-order chi connectivity index (χ1) is 9.90. The molecule has 0 aromatic heterocycles.